The first kappa shape index (κ1) is 19.3. The van der Waals surface area contributed by atoms with Crippen molar-refractivity contribution in [1.82, 2.24) is 0 Å². The molecule has 0 saturated carbocycles. The molecule has 0 bridgehead atoms. The van der Waals surface area contributed by atoms with Crippen molar-refractivity contribution in [2.75, 3.05) is 18.1 Å². The Kier molecular flexibility index (Phi) is 4.80. The summed E-state index contributed by atoms with van der Waals surface area (Å²) in [6, 6.07) is 5.51. The van der Waals surface area contributed by atoms with Gasteiger partial charge in [0.25, 0.3) is 0 Å². The third-order valence-electron chi connectivity index (χ3n) is 5.24. The Labute approximate surface area is 182 Å². The monoisotopic (exact) mass is 450 g/mol. The average Bonchev–Trinajstić information content (AvgIpc) is 2.72. The molecule has 3 aliphatic rings. The van der Waals surface area contributed by atoms with E-state index in [-0.39, 0.29) is 11.5 Å². The van der Waals surface area contributed by atoms with Crippen LogP contribution >= 0.6 is 35.1 Å². The summed E-state index contributed by atoms with van der Waals surface area (Å²) in [5.74, 6) is 3.24. The van der Waals surface area contributed by atoms with E-state index in [2.05, 4.69) is 0 Å². The summed E-state index contributed by atoms with van der Waals surface area (Å²) in [5.41, 5.74) is 2.24. The second-order valence-corrected chi connectivity index (χ2v) is 10.5. The lowest BCUT2D eigenvalue weighted by molar-refractivity contribution is -0.132. The Bertz CT molecular complexity index is 1020. The number of ether oxygens (including phenoxy) is 3. The Balaban J connectivity index is 1.85. The van der Waals surface area contributed by atoms with Gasteiger partial charge in [-0.15, -0.1) is 23.5 Å². The SMILES string of the molecule is CC(=O)Oc1c2c(c(O)c3c1Oc1ccc(Cl)cc1C31SCCCS1)CCCO2. The fourth-order valence-corrected chi connectivity index (χ4v) is 7.73. The van der Waals surface area contributed by atoms with Crippen molar-refractivity contribution in [1.29, 1.82) is 0 Å². The third-order valence-corrected chi connectivity index (χ3v) is 8.83. The Hall–Kier alpha value is -1.70. The maximum atomic E-state index is 11.9. The number of hydrogen-bond acceptors (Lipinski definition) is 7. The van der Waals surface area contributed by atoms with Crippen molar-refractivity contribution in [3.8, 4) is 28.7 Å². The Morgan fingerprint density at radius 2 is 2.03 bits per heavy atom. The molecule has 1 saturated heterocycles. The van der Waals surface area contributed by atoms with Crippen LogP contribution in [-0.4, -0.2) is 29.2 Å². The molecule has 0 aliphatic carbocycles. The maximum absolute atomic E-state index is 11.9. The van der Waals surface area contributed by atoms with Gasteiger partial charge in [0.05, 0.1) is 12.2 Å². The van der Waals surface area contributed by atoms with Crippen LogP contribution < -0.4 is 14.2 Å². The molecule has 2 aromatic carbocycles. The molecule has 152 valence electrons. The van der Waals surface area contributed by atoms with Gasteiger partial charge < -0.3 is 19.3 Å². The number of rotatable bonds is 1. The van der Waals surface area contributed by atoms with E-state index in [1.165, 1.54) is 6.92 Å². The number of carbonyl (C=O) groups excluding carboxylic acids is 1. The van der Waals surface area contributed by atoms with Crippen LogP contribution in [0.5, 0.6) is 28.7 Å². The number of aromatic hydroxyl groups is 1. The highest BCUT2D eigenvalue weighted by Gasteiger charge is 2.50. The first-order valence-corrected chi connectivity index (χ1v) is 11.9. The molecule has 0 radical (unpaired) electrons. The van der Waals surface area contributed by atoms with E-state index in [4.69, 9.17) is 25.8 Å². The largest absolute Gasteiger partial charge is 0.507 e. The Morgan fingerprint density at radius 3 is 2.79 bits per heavy atom. The van der Waals surface area contributed by atoms with Crippen LogP contribution in [0.4, 0.5) is 0 Å². The Morgan fingerprint density at radius 1 is 1.24 bits per heavy atom. The van der Waals surface area contributed by atoms with Gasteiger partial charge in [-0.1, -0.05) is 11.6 Å². The molecular weight excluding hydrogens is 432 g/mol. The standard InChI is InChI=1S/C21H19ClO5S2/c1-11(23)26-20-18-13(4-2-7-25-18)17(24)16-19(20)27-15-6-5-12(22)10-14(15)21(16)28-8-3-9-29-21/h5-6,10,24H,2-4,7-9H2,1H3. The number of carbonyl (C=O) groups is 1. The third kappa shape index (κ3) is 2.97. The minimum absolute atomic E-state index is 0.165. The van der Waals surface area contributed by atoms with Gasteiger partial charge in [-0.05, 0) is 49.0 Å². The van der Waals surface area contributed by atoms with Gasteiger partial charge in [-0.25, -0.2) is 0 Å². The highest BCUT2D eigenvalue weighted by atomic mass is 35.5. The minimum Gasteiger partial charge on any atom is -0.507 e. The number of benzene rings is 2. The highest BCUT2D eigenvalue weighted by molar-refractivity contribution is 8.18. The number of hydrogen-bond donors (Lipinski definition) is 1. The number of phenolic OH excluding ortho intramolecular Hbond substituents is 1. The van der Waals surface area contributed by atoms with Crippen molar-refractivity contribution in [2.24, 2.45) is 0 Å². The quantitative estimate of drug-likeness (QED) is 0.456. The van der Waals surface area contributed by atoms with E-state index in [9.17, 15) is 9.90 Å². The zero-order valence-corrected chi connectivity index (χ0v) is 18.1. The van der Waals surface area contributed by atoms with Crippen molar-refractivity contribution in [3.05, 3.63) is 39.9 Å². The van der Waals surface area contributed by atoms with Gasteiger partial charge in [0.2, 0.25) is 5.75 Å². The lowest BCUT2D eigenvalue weighted by Gasteiger charge is -2.43. The van der Waals surface area contributed by atoms with E-state index < -0.39 is 10.0 Å². The van der Waals surface area contributed by atoms with Gasteiger partial charge >= 0.3 is 5.97 Å². The molecule has 3 aliphatic heterocycles. The molecule has 0 aromatic heterocycles. The maximum Gasteiger partial charge on any atom is 0.308 e. The number of thioether (sulfide) groups is 2. The van der Waals surface area contributed by atoms with Crippen LogP contribution in [0.15, 0.2) is 18.2 Å². The van der Waals surface area contributed by atoms with Crippen LogP contribution in [0.2, 0.25) is 5.02 Å². The average molecular weight is 451 g/mol. The zero-order valence-electron chi connectivity index (χ0n) is 15.7. The van der Waals surface area contributed by atoms with E-state index in [0.717, 1.165) is 29.9 Å². The van der Waals surface area contributed by atoms with Gasteiger partial charge in [0.15, 0.2) is 11.5 Å². The molecule has 0 amide bonds. The topological polar surface area (TPSA) is 65.0 Å². The summed E-state index contributed by atoms with van der Waals surface area (Å²) in [6.45, 7) is 1.85. The van der Waals surface area contributed by atoms with Crippen LogP contribution in [0, 0.1) is 0 Å². The zero-order chi connectivity index (χ0) is 20.2. The van der Waals surface area contributed by atoms with Crippen LogP contribution in [-0.2, 0) is 15.3 Å². The van der Waals surface area contributed by atoms with Gasteiger partial charge in [0.1, 0.15) is 15.6 Å². The molecule has 8 heteroatoms. The van der Waals surface area contributed by atoms with Gasteiger partial charge in [0, 0.05) is 23.1 Å². The van der Waals surface area contributed by atoms with Crippen LogP contribution in [0.3, 0.4) is 0 Å². The summed E-state index contributed by atoms with van der Waals surface area (Å²) in [6.07, 6.45) is 2.51. The van der Waals surface area contributed by atoms with E-state index in [0.29, 0.717) is 46.4 Å². The number of esters is 1. The number of phenols is 1. The number of fused-ring (bicyclic) bond motifs is 5. The van der Waals surface area contributed by atoms with Gasteiger partial charge in [-0.2, -0.15) is 0 Å². The highest BCUT2D eigenvalue weighted by Crippen LogP contribution is 2.68. The lowest BCUT2D eigenvalue weighted by atomic mass is 9.92. The molecule has 1 fully saturated rings. The van der Waals surface area contributed by atoms with Crippen molar-refractivity contribution in [2.45, 2.75) is 30.3 Å². The van der Waals surface area contributed by atoms with E-state index in [1.807, 2.05) is 12.1 Å². The van der Waals surface area contributed by atoms with E-state index in [1.54, 1.807) is 29.6 Å². The summed E-state index contributed by atoms with van der Waals surface area (Å²) in [4.78, 5) is 11.9. The molecule has 0 atom stereocenters. The van der Waals surface area contributed by atoms with Crippen LogP contribution in [0.25, 0.3) is 0 Å². The lowest BCUT2D eigenvalue weighted by Crippen LogP contribution is -2.29. The summed E-state index contributed by atoms with van der Waals surface area (Å²) in [7, 11) is 0. The summed E-state index contributed by atoms with van der Waals surface area (Å²) < 4.78 is 17.1. The predicted octanol–water partition coefficient (Wildman–Crippen LogP) is 5.47. The molecule has 5 rings (SSSR count). The molecule has 1 spiro atoms. The van der Waals surface area contributed by atoms with Crippen molar-refractivity contribution < 1.29 is 24.1 Å². The predicted molar refractivity (Wildman–Crippen MR) is 115 cm³/mol. The fraction of sp³-hybridized carbons (Fsp3) is 0.381. The molecule has 0 unspecified atom stereocenters. The summed E-state index contributed by atoms with van der Waals surface area (Å²) >= 11 is 9.85. The smallest absolute Gasteiger partial charge is 0.308 e. The molecule has 29 heavy (non-hydrogen) atoms. The fourth-order valence-electron chi connectivity index (χ4n) is 4.09. The van der Waals surface area contributed by atoms with Crippen molar-refractivity contribution in [3.63, 3.8) is 0 Å². The molecular formula is C21H19ClO5S2. The van der Waals surface area contributed by atoms with E-state index >= 15 is 0 Å². The minimum atomic E-state index is -0.586. The van der Waals surface area contributed by atoms with Crippen molar-refractivity contribution >= 4 is 41.1 Å². The molecule has 1 N–H and O–H groups in total. The normalized spacial score (nSPS) is 18.7. The van der Waals surface area contributed by atoms with Crippen LogP contribution in [0.1, 0.15) is 36.5 Å². The summed E-state index contributed by atoms with van der Waals surface area (Å²) in [5, 5.41) is 12.0. The molecule has 2 aromatic rings. The van der Waals surface area contributed by atoms with Gasteiger partial charge in [-0.3, -0.25) is 4.79 Å². The first-order chi connectivity index (χ1) is 14.0. The molecule has 3 heterocycles. The first-order valence-electron chi connectivity index (χ1n) is 9.50. The number of halogens is 1. The molecule has 5 nitrogen and oxygen atoms in total. The second-order valence-electron chi connectivity index (χ2n) is 7.14. The second kappa shape index (κ2) is 7.22.